The van der Waals surface area contributed by atoms with E-state index < -0.39 is 0 Å². The number of fused-ring (bicyclic) bond motifs is 9. The lowest BCUT2D eigenvalue weighted by Crippen LogP contribution is -2.10. The van der Waals surface area contributed by atoms with Gasteiger partial charge in [0.2, 0.25) is 0 Å². The summed E-state index contributed by atoms with van der Waals surface area (Å²) in [7, 11) is 0. The summed E-state index contributed by atoms with van der Waals surface area (Å²) < 4.78 is 12.4. The summed E-state index contributed by atoms with van der Waals surface area (Å²) in [4.78, 5) is 8.83. The van der Waals surface area contributed by atoms with Gasteiger partial charge in [-0.2, -0.15) is 0 Å². The van der Waals surface area contributed by atoms with Crippen molar-refractivity contribution >= 4 is 83.0 Å². The zero-order valence-electron chi connectivity index (χ0n) is 25.5. The standard InChI is InChI=1S/C43H24N2O2S/c1-3-16-36-30(12-1)34-23-28(18-20-38(34)46-36)45(29-19-21-39-35(24-29)31-13-2-4-17-37(31)47-39)27-11-5-10-26(22-27)43-44-41-32-14-6-8-25-9-7-15-33(40(25)32)42(41)48-43/h1-24H. The first-order valence-corrected chi connectivity index (χ1v) is 16.8. The van der Waals surface area contributed by atoms with Crippen molar-refractivity contribution in [1.82, 2.24) is 4.98 Å². The van der Waals surface area contributed by atoms with Gasteiger partial charge in [0.25, 0.3) is 0 Å². The molecule has 0 unspecified atom stereocenters. The molecule has 7 aromatic carbocycles. The highest BCUT2D eigenvalue weighted by molar-refractivity contribution is 7.19. The maximum Gasteiger partial charge on any atom is 0.135 e. The number of hydrogen-bond acceptors (Lipinski definition) is 5. The van der Waals surface area contributed by atoms with Gasteiger partial charge in [-0.1, -0.05) is 84.9 Å². The van der Waals surface area contributed by atoms with Crippen molar-refractivity contribution in [2.75, 3.05) is 4.90 Å². The molecule has 3 heterocycles. The maximum absolute atomic E-state index is 6.21. The van der Waals surface area contributed by atoms with Crippen LogP contribution >= 0.6 is 11.3 Å². The molecule has 0 amide bonds. The van der Waals surface area contributed by atoms with E-state index in [2.05, 4.69) is 126 Å². The van der Waals surface area contributed by atoms with Gasteiger partial charge < -0.3 is 13.7 Å². The van der Waals surface area contributed by atoms with Gasteiger partial charge in [-0.15, -0.1) is 11.3 Å². The van der Waals surface area contributed by atoms with Gasteiger partial charge in [-0.05, 0) is 71.4 Å². The summed E-state index contributed by atoms with van der Waals surface area (Å²) in [6, 6.07) is 51.2. The molecule has 224 valence electrons. The fourth-order valence-corrected chi connectivity index (χ4v) is 8.58. The number of aromatic nitrogens is 1. The van der Waals surface area contributed by atoms with Crippen molar-refractivity contribution in [1.29, 1.82) is 0 Å². The molecule has 1 aliphatic carbocycles. The minimum atomic E-state index is 0.873. The Morgan fingerprint density at radius 1 is 0.479 bits per heavy atom. The fourth-order valence-electron chi connectivity index (χ4n) is 7.47. The first-order valence-electron chi connectivity index (χ1n) is 16.0. The third kappa shape index (κ3) is 3.68. The maximum atomic E-state index is 6.21. The van der Waals surface area contributed by atoms with Gasteiger partial charge in [0.05, 0.1) is 10.6 Å². The van der Waals surface area contributed by atoms with Gasteiger partial charge in [0, 0.05) is 55.3 Å². The van der Waals surface area contributed by atoms with Crippen LogP contribution in [0.4, 0.5) is 17.1 Å². The van der Waals surface area contributed by atoms with Crippen molar-refractivity contribution in [2.45, 2.75) is 0 Å². The molecule has 0 saturated carbocycles. The van der Waals surface area contributed by atoms with Crippen LogP contribution in [0.3, 0.4) is 0 Å². The van der Waals surface area contributed by atoms with Gasteiger partial charge in [0.1, 0.15) is 27.3 Å². The largest absolute Gasteiger partial charge is 0.456 e. The molecule has 0 saturated heterocycles. The van der Waals surface area contributed by atoms with Crippen LogP contribution in [0.2, 0.25) is 0 Å². The van der Waals surface area contributed by atoms with Gasteiger partial charge in [-0.25, -0.2) is 4.98 Å². The minimum Gasteiger partial charge on any atom is -0.456 e. The Labute approximate surface area is 278 Å². The van der Waals surface area contributed by atoms with Gasteiger partial charge in [0.15, 0.2) is 0 Å². The first-order chi connectivity index (χ1) is 23.8. The summed E-state index contributed by atoms with van der Waals surface area (Å²) >= 11 is 1.77. The fraction of sp³-hybridized carbons (Fsp3) is 0. The van der Waals surface area contributed by atoms with Crippen LogP contribution in [0.25, 0.3) is 86.9 Å². The van der Waals surface area contributed by atoms with E-state index in [1.165, 1.54) is 26.8 Å². The Balaban J connectivity index is 1.10. The molecule has 0 radical (unpaired) electrons. The lowest BCUT2D eigenvalue weighted by molar-refractivity contribution is 0.668. The topological polar surface area (TPSA) is 42.4 Å². The van der Waals surface area contributed by atoms with Crippen molar-refractivity contribution in [3.63, 3.8) is 0 Å². The molecule has 5 heteroatoms. The summed E-state index contributed by atoms with van der Waals surface area (Å²) in [5.74, 6) is 0. The Morgan fingerprint density at radius 3 is 1.75 bits per heavy atom. The van der Waals surface area contributed by atoms with E-state index in [4.69, 9.17) is 13.8 Å². The summed E-state index contributed by atoms with van der Waals surface area (Å²) in [6.45, 7) is 0. The second kappa shape index (κ2) is 9.67. The molecule has 48 heavy (non-hydrogen) atoms. The highest BCUT2D eigenvalue weighted by Gasteiger charge is 2.26. The van der Waals surface area contributed by atoms with Crippen LogP contribution in [0.1, 0.15) is 0 Å². The quantitative estimate of drug-likeness (QED) is 0.194. The molecule has 0 spiro atoms. The average Bonchev–Trinajstić information content (AvgIpc) is 3.90. The highest BCUT2D eigenvalue weighted by atomic mass is 32.1. The number of nitrogens with zero attached hydrogens (tertiary/aromatic N) is 2. The second-order valence-electron chi connectivity index (χ2n) is 12.3. The van der Waals surface area contributed by atoms with E-state index >= 15 is 0 Å². The Bertz CT molecular complexity index is 2760. The molecule has 0 N–H and O–H groups in total. The third-order valence-corrected chi connectivity index (χ3v) is 10.8. The monoisotopic (exact) mass is 632 g/mol. The molecule has 1 aliphatic rings. The van der Waals surface area contributed by atoms with E-state index in [-0.39, 0.29) is 0 Å². The molecule has 0 atom stereocenters. The Kier molecular flexibility index (Phi) is 5.23. The normalized spacial score (nSPS) is 12.2. The van der Waals surface area contributed by atoms with Gasteiger partial charge in [-0.3, -0.25) is 0 Å². The Morgan fingerprint density at radius 2 is 1.06 bits per heavy atom. The van der Waals surface area contributed by atoms with Crippen LogP contribution in [0.5, 0.6) is 0 Å². The van der Waals surface area contributed by atoms with E-state index in [1.54, 1.807) is 11.3 Å². The SMILES string of the molecule is c1cc(-c2nc3c(s2)-c2cccc4cccc-3c24)cc(N(c2ccc3oc4ccccc4c3c2)c2ccc3oc4ccccc4c3c2)c1. The van der Waals surface area contributed by atoms with Crippen LogP contribution < -0.4 is 4.90 Å². The van der Waals surface area contributed by atoms with E-state index in [1.807, 2.05) is 24.3 Å². The molecule has 0 fully saturated rings. The second-order valence-corrected chi connectivity index (χ2v) is 13.3. The summed E-state index contributed by atoms with van der Waals surface area (Å²) in [6.07, 6.45) is 0. The molecule has 11 rings (SSSR count). The van der Waals surface area contributed by atoms with Crippen molar-refractivity contribution in [3.05, 3.63) is 146 Å². The molecule has 0 aliphatic heterocycles. The molecular formula is C43H24N2O2S. The number of rotatable bonds is 4. The number of hydrogen-bond donors (Lipinski definition) is 0. The Hall–Kier alpha value is -6.17. The number of para-hydroxylation sites is 2. The molecule has 10 aromatic rings. The molecule has 3 aromatic heterocycles. The third-order valence-electron chi connectivity index (χ3n) is 9.62. The number of benzene rings is 7. The van der Waals surface area contributed by atoms with E-state index in [9.17, 15) is 0 Å². The zero-order chi connectivity index (χ0) is 31.3. The van der Waals surface area contributed by atoms with Gasteiger partial charge >= 0.3 is 0 Å². The van der Waals surface area contributed by atoms with Crippen LogP contribution in [0, 0.1) is 0 Å². The van der Waals surface area contributed by atoms with Crippen LogP contribution in [0.15, 0.2) is 154 Å². The lowest BCUT2D eigenvalue weighted by Gasteiger charge is -2.26. The number of anilines is 3. The van der Waals surface area contributed by atoms with Crippen molar-refractivity contribution < 1.29 is 8.83 Å². The minimum absolute atomic E-state index is 0.873. The van der Waals surface area contributed by atoms with E-state index in [0.29, 0.717) is 0 Å². The zero-order valence-corrected chi connectivity index (χ0v) is 26.3. The number of furan rings is 2. The summed E-state index contributed by atoms with van der Waals surface area (Å²) in [5.41, 5.74) is 11.3. The first kappa shape index (κ1) is 26.0. The highest BCUT2D eigenvalue weighted by Crippen LogP contribution is 2.51. The molecule has 4 nitrogen and oxygen atoms in total. The smallest absolute Gasteiger partial charge is 0.135 e. The number of thiazole rings is 1. The van der Waals surface area contributed by atoms with Crippen molar-refractivity contribution in [3.8, 4) is 32.3 Å². The predicted octanol–water partition coefficient (Wildman–Crippen LogP) is 12.9. The molecular weight excluding hydrogens is 609 g/mol. The summed E-state index contributed by atoms with van der Waals surface area (Å²) in [5, 5.41) is 7.97. The van der Waals surface area contributed by atoms with Crippen LogP contribution in [-0.4, -0.2) is 4.98 Å². The van der Waals surface area contributed by atoms with Crippen molar-refractivity contribution in [2.24, 2.45) is 0 Å². The molecule has 0 bridgehead atoms. The lowest BCUT2D eigenvalue weighted by atomic mass is 10.0. The predicted molar refractivity (Wildman–Crippen MR) is 199 cm³/mol. The average molecular weight is 633 g/mol. The van der Waals surface area contributed by atoms with E-state index in [0.717, 1.165) is 77.2 Å². The van der Waals surface area contributed by atoms with Crippen LogP contribution in [-0.2, 0) is 0 Å².